The first-order chi connectivity index (χ1) is 10.9. The largest absolute Gasteiger partial charge is 0.343 e. The van der Waals surface area contributed by atoms with Gasteiger partial charge < -0.3 is 10.2 Å². The Morgan fingerprint density at radius 3 is 2.13 bits per heavy atom. The highest BCUT2D eigenvalue weighted by Crippen LogP contribution is 2.62. The summed E-state index contributed by atoms with van der Waals surface area (Å²) in [5.74, 6) is 3.21. The Hall–Kier alpha value is -1.32. The van der Waals surface area contributed by atoms with Crippen LogP contribution in [0.15, 0.2) is 12.7 Å². The number of nitrogens with zero attached hydrogens (tertiary/aromatic N) is 1. The van der Waals surface area contributed by atoms with Gasteiger partial charge in [-0.1, -0.05) is 20.4 Å². The zero-order chi connectivity index (χ0) is 16.8. The molecule has 4 aliphatic carbocycles. The normalized spacial score (nSPS) is 37.7. The number of amides is 2. The minimum Gasteiger partial charge on any atom is -0.343 e. The van der Waals surface area contributed by atoms with E-state index >= 15 is 0 Å². The van der Waals surface area contributed by atoms with Gasteiger partial charge in [-0.05, 0) is 67.8 Å². The van der Waals surface area contributed by atoms with Gasteiger partial charge in [-0.2, -0.15) is 0 Å². The van der Waals surface area contributed by atoms with Gasteiger partial charge in [0.2, 0.25) is 11.8 Å². The van der Waals surface area contributed by atoms with Crippen LogP contribution in [-0.2, 0) is 9.59 Å². The van der Waals surface area contributed by atoms with Gasteiger partial charge in [-0.25, -0.2) is 0 Å². The lowest BCUT2D eigenvalue weighted by molar-refractivity contribution is -0.171. The van der Waals surface area contributed by atoms with Crippen molar-refractivity contribution in [3.8, 4) is 0 Å². The molecule has 0 aliphatic heterocycles. The standard InChI is InChI=1S/C19H30N2O2/c1-5-17(22)20-11-18(23)21(4)19(12(2)3)15-7-13-6-14(9-15)10-16(19)8-13/h5,12-16H,1,6-11H2,2-4H3,(H,20,22). The van der Waals surface area contributed by atoms with Crippen LogP contribution in [0.1, 0.15) is 46.0 Å². The highest BCUT2D eigenvalue weighted by Gasteiger charge is 2.60. The van der Waals surface area contributed by atoms with Crippen molar-refractivity contribution in [2.45, 2.75) is 51.5 Å². The zero-order valence-corrected chi connectivity index (χ0v) is 14.7. The molecule has 0 heterocycles. The van der Waals surface area contributed by atoms with Crippen LogP contribution < -0.4 is 5.32 Å². The van der Waals surface area contributed by atoms with E-state index in [1.165, 1.54) is 38.2 Å². The van der Waals surface area contributed by atoms with Gasteiger partial charge in [0.25, 0.3) is 0 Å². The summed E-state index contributed by atoms with van der Waals surface area (Å²) in [5, 5.41) is 2.64. The fraction of sp³-hybridized carbons (Fsp3) is 0.789. The molecular formula is C19H30N2O2. The molecule has 1 N–H and O–H groups in total. The average Bonchev–Trinajstić information content (AvgIpc) is 2.51. The lowest BCUT2D eigenvalue weighted by atomic mass is 9.45. The molecule has 0 aromatic rings. The molecule has 0 unspecified atom stereocenters. The Balaban J connectivity index is 1.82. The molecule has 4 saturated carbocycles. The van der Waals surface area contributed by atoms with Crippen molar-refractivity contribution in [2.24, 2.45) is 29.6 Å². The lowest BCUT2D eigenvalue weighted by Crippen LogP contribution is -2.69. The van der Waals surface area contributed by atoms with Gasteiger partial charge in [0, 0.05) is 7.05 Å². The van der Waals surface area contributed by atoms with Crippen molar-refractivity contribution in [3.05, 3.63) is 12.7 Å². The molecule has 4 fully saturated rings. The van der Waals surface area contributed by atoms with Gasteiger partial charge in [0.15, 0.2) is 0 Å². The number of rotatable bonds is 5. The molecule has 0 aromatic heterocycles. The molecule has 4 heteroatoms. The second kappa shape index (κ2) is 5.95. The van der Waals surface area contributed by atoms with Crippen molar-refractivity contribution < 1.29 is 9.59 Å². The highest BCUT2D eigenvalue weighted by molar-refractivity contribution is 5.90. The minimum absolute atomic E-state index is 0.0244. The van der Waals surface area contributed by atoms with E-state index in [4.69, 9.17) is 0 Å². The van der Waals surface area contributed by atoms with Crippen LogP contribution in [0.3, 0.4) is 0 Å². The van der Waals surface area contributed by atoms with Crippen LogP contribution in [0, 0.1) is 29.6 Å². The van der Waals surface area contributed by atoms with Crippen molar-refractivity contribution in [3.63, 3.8) is 0 Å². The molecule has 4 aliphatic rings. The lowest BCUT2D eigenvalue weighted by Gasteiger charge is -2.65. The third-order valence-electron chi connectivity index (χ3n) is 6.93. The highest BCUT2D eigenvalue weighted by atomic mass is 16.2. The maximum Gasteiger partial charge on any atom is 0.243 e. The fourth-order valence-electron chi connectivity index (χ4n) is 6.39. The van der Waals surface area contributed by atoms with Crippen molar-refractivity contribution in [2.75, 3.05) is 13.6 Å². The Morgan fingerprint density at radius 2 is 1.70 bits per heavy atom. The number of hydrogen-bond donors (Lipinski definition) is 1. The van der Waals surface area contributed by atoms with Crippen molar-refractivity contribution >= 4 is 11.8 Å². The van der Waals surface area contributed by atoms with Gasteiger partial charge in [-0.15, -0.1) is 0 Å². The van der Waals surface area contributed by atoms with E-state index in [-0.39, 0.29) is 23.9 Å². The molecule has 0 atom stereocenters. The summed E-state index contributed by atoms with van der Waals surface area (Å²) in [5.41, 5.74) is -0.0244. The van der Waals surface area contributed by atoms with E-state index in [1.54, 1.807) is 0 Å². The van der Waals surface area contributed by atoms with Crippen molar-refractivity contribution in [1.29, 1.82) is 0 Å². The van der Waals surface area contributed by atoms with Gasteiger partial charge in [0.05, 0.1) is 12.1 Å². The Kier molecular flexibility index (Phi) is 4.28. The summed E-state index contributed by atoms with van der Waals surface area (Å²) in [4.78, 5) is 26.2. The Bertz CT molecular complexity index is 483. The Morgan fingerprint density at radius 1 is 1.17 bits per heavy atom. The van der Waals surface area contributed by atoms with Crippen LogP contribution >= 0.6 is 0 Å². The SMILES string of the molecule is C=CC(=O)NCC(=O)N(C)C1(C(C)C)C2CC3CC(C2)CC1C3. The monoisotopic (exact) mass is 318 g/mol. The van der Waals surface area contributed by atoms with Crippen LogP contribution in [0.2, 0.25) is 0 Å². The number of likely N-dealkylation sites (N-methyl/N-ethyl adjacent to an activating group) is 1. The molecule has 23 heavy (non-hydrogen) atoms. The van der Waals surface area contributed by atoms with E-state index in [1.807, 2.05) is 11.9 Å². The quantitative estimate of drug-likeness (QED) is 0.792. The summed E-state index contributed by atoms with van der Waals surface area (Å²) in [6, 6.07) is 0. The summed E-state index contributed by atoms with van der Waals surface area (Å²) in [6.45, 7) is 8.05. The molecule has 0 aromatic carbocycles. The number of nitrogens with one attached hydrogen (secondary N) is 1. The van der Waals surface area contributed by atoms with Crippen molar-refractivity contribution in [1.82, 2.24) is 10.2 Å². The van der Waals surface area contributed by atoms with Gasteiger partial charge in [0.1, 0.15) is 0 Å². The third kappa shape index (κ3) is 2.50. The van der Waals surface area contributed by atoms with E-state index < -0.39 is 0 Å². The second-order valence-corrected chi connectivity index (χ2v) is 8.22. The molecule has 4 bridgehead atoms. The molecule has 2 amide bonds. The topological polar surface area (TPSA) is 49.4 Å². The second-order valence-electron chi connectivity index (χ2n) is 8.22. The van der Waals surface area contributed by atoms with E-state index in [9.17, 15) is 9.59 Å². The molecule has 0 radical (unpaired) electrons. The van der Waals surface area contributed by atoms with E-state index in [0.29, 0.717) is 17.8 Å². The van der Waals surface area contributed by atoms with Crippen LogP contribution in [0.4, 0.5) is 0 Å². The summed E-state index contributed by atoms with van der Waals surface area (Å²) >= 11 is 0. The van der Waals surface area contributed by atoms with Crippen LogP contribution in [-0.4, -0.2) is 35.8 Å². The molecule has 0 spiro atoms. The predicted molar refractivity (Wildman–Crippen MR) is 90.6 cm³/mol. The molecule has 4 rings (SSSR count). The minimum atomic E-state index is -0.282. The third-order valence-corrected chi connectivity index (χ3v) is 6.93. The molecule has 4 nitrogen and oxygen atoms in total. The summed E-state index contributed by atoms with van der Waals surface area (Å²) in [7, 11) is 1.96. The van der Waals surface area contributed by atoms with E-state index in [0.717, 1.165) is 11.8 Å². The summed E-state index contributed by atoms with van der Waals surface area (Å²) < 4.78 is 0. The smallest absolute Gasteiger partial charge is 0.243 e. The van der Waals surface area contributed by atoms with E-state index in [2.05, 4.69) is 25.7 Å². The van der Waals surface area contributed by atoms with Crippen LogP contribution in [0.25, 0.3) is 0 Å². The van der Waals surface area contributed by atoms with Gasteiger partial charge in [-0.3, -0.25) is 9.59 Å². The van der Waals surface area contributed by atoms with Gasteiger partial charge >= 0.3 is 0 Å². The average molecular weight is 318 g/mol. The molecule has 128 valence electrons. The summed E-state index contributed by atoms with van der Waals surface area (Å²) in [6.07, 6.45) is 7.75. The maximum atomic E-state index is 12.8. The predicted octanol–water partition coefficient (Wildman–Crippen LogP) is 2.60. The number of carbonyl (C=O) groups excluding carboxylic acids is 2. The number of hydrogen-bond acceptors (Lipinski definition) is 2. The maximum absolute atomic E-state index is 12.8. The number of carbonyl (C=O) groups is 2. The first-order valence-corrected chi connectivity index (χ1v) is 9.06. The van der Waals surface area contributed by atoms with Crippen LogP contribution in [0.5, 0.6) is 0 Å². The molecular weight excluding hydrogens is 288 g/mol. The zero-order valence-electron chi connectivity index (χ0n) is 14.7. The molecule has 0 saturated heterocycles. The fourth-order valence-corrected chi connectivity index (χ4v) is 6.39. The first kappa shape index (κ1) is 16.5. The first-order valence-electron chi connectivity index (χ1n) is 9.06. The Labute approximate surface area is 139 Å².